The molecule has 0 amide bonds. The zero-order chi connectivity index (χ0) is 14.8. The maximum atomic E-state index is 11.9. The lowest BCUT2D eigenvalue weighted by Gasteiger charge is -2.02. The molecule has 0 radical (unpaired) electrons. The average Bonchev–Trinajstić information content (AvgIpc) is 2.93. The van der Waals surface area contributed by atoms with E-state index in [0.717, 1.165) is 11.3 Å². The molecule has 3 rings (SSSR count). The van der Waals surface area contributed by atoms with Gasteiger partial charge >= 0.3 is 0 Å². The van der Waals surface area contributed by atoms with Gasteiger partial charge < -0.3 is 4.74 Å². The molecular formula is C14H12N4O2S. The smallest absolute Gasteiger partial charge is 0.296 e. The van der Waals surface area contributed by atoms with Crippen molar-refractivity contribution in [1.29, 1.82) is 0 Å². The number of hydrogen-bond donors (Lipinski definition) is 0. The Kier molecular flexibility index (Phi) is 3.49. The molecule has 1 aromatic carbocycles. The van der Waals surface area contributed by atoms with Crippen LogP contribution in [0.4, 0.5) is 0 Å². The van der Waals surface area contributed by atoms with Gasteiger partial charge in [-0.25, -0.2) is 0 Å². The lowest BCUT2D eigenvalue weighted by molar-refractivity contribution is 0.414. The second-order valence-corrected chi connectivity index (χ2v) is 5.29. The van der Waals surface area contributed by atoms with E-state index in [1.807, 2.05) is 36.4 Å². The normalized spacial score (nSPS) is 11.3. The molecule has 0 N–H and O–H groups in total. The van der Waals surface area contributed by atoms with Crippen LogP contribution in [-0.2, 0) is 0 Å². The predicted molar refractivity (Wildman–Crippen MR) is 81.6 cm³/mol. The molecule has 0 bridgehead atoms. The Morgan fingerprint density at radius 2 is 2.05 bits per heavy atom. The maximum Gasteiger partial charge on any atom is 0.296 e. The lowest BCUT2D eigenvalue weighted by Crippen LogP contribution is -2.19. The van der Waals surface area contributed by atoms with Gasteiger partial charge in [0, 0.05) is 5.56 Å². The third-order valence-electron chi connectivity index (χ3n) is 2.91. The molecular weight excluding hydrogens is 288 g/mol. The maximum absolute atomic E-state index is 11.9. The van der Waals surface area contributed by atoms with E-state index < -0.39 is 0 Å². The third kappa shape index (κ3) is 2.55. The highest BCUT2D eigenvalue weighted by molar-refractivity contribution is 7.17. The van der Waals surface area contributed by atoms with Gasteiger partial charge in [0.05, 0.1) is 7.11 Å². The molecule has 21 heavy (non-hydrogen) atoms. The van der Waals surface area contributed by atoms with Crippen LogP contribution < -0.4 is 10.3 Å². The Labute approximate surface area is 124 Å². The van der Waals surface area contributed by atoms with Gasteiger partial charge in [0.25, 0.3) is 5.56 Å². The van der Waals surface area contributed by atoms with E-state index in [2.05, 4.69) is 15.3 Å². The van der Waals surface area contributed by atoms with Crippen molar-refractivity contribution in [3.8, 4) is 5.75 Å². The first-order chi connectivity index (χ1) is 10.2. The number of para-hydroxylation sites is 1. The van der Waals surface area contributed by atoms with Crippen LogP contribution in [0.2, 0.25) is 0 Å². The van der Waals surface area contributed by atoms with Crippen molar-refractivity contribution >= 4 is 28.4 Å². The van der Waals surface area contributed by atoms with Crippen LogP contribution in [0.25, 0.3) is 17.1 Å². The van der Waals surface area contributed by atoms with Crippen LogP contribution in [0, 0.1) is 6.92 Å². The molecule has 0 saturated carbocycles. The van der Waals surface area contributed by atoms with E-state index >= 15 is 0 Å². The molecule has 0 spiro atoms. The summed E-state index contributed by atoms with van der Waals surface area (Å²) in [6.45, 7) is 1.62. The van der Waals surface area contributed by atoms with E-state index in [4.69, 9.17) is 4.74 Å². The van der Waals surface area contributed by atoms with E-state index in [9.17, 15) is 4.79 Å². The van der Waals surface area contributed by atoms with E-state index in [1.165, 1.54) is 15.9 Å². The zero-order valence-electron chi connectivity index (χ0n) is 11.5. The summed E-state index contributed by atoms with van der Waals surface area (Å²) in [5.41, 5.74) is 1.03. The van der Waals surface area contributed by atoms with Crippen LogP contribution in [0.3, 0.4) is 0 Å². The number of methoxy groups -OCH3 is 1. The summed E-state index contributed by atoms with van der Waals surface area (Å²) in [5, 5.41) is 12.7. The topological polar surface area (TPSA) is 69.4 Å². The Balaban J connectivity index is 2.00. The lowest BCUT2D eigenvalue weighted by atomic mass is 10.2. The van der Waals surface area contributed by atoms with Gasteiger partial charge in [-0.1, -0.05) is 29.5 Å². The van der Waals surface area contributed by atoms with Crippen LogP contribution in [0.1, 0.15) is 16.3 Å². The van der Waals surface area contributed by atoms with Crippen molar-refractivity contribution in [2.75, 3.05) is 7.11 Å². The second-order valence-electron chi connectivity index (χ2n) is 4.30. The molecule has 0 aliphatic rings. The Morgan fingerprint density at radius 1 is 1.24 bits per heavy atom. The standard InChI is InChI=1S/C14H12N4O2S/c1-9-13(19)18-14(16-15-9)21-12(17-18)8-7-10-5-3-4-6-11(10)20-2/h3-8H,1-2H3/b8-7+. The van der Waals surface area contributed by atoms with Gasteiger partial charge in [-0.2, -0.15) is 9.61 Å². The first-order valence-electron chi connectivity index (χ1n) is 6.23. The predicted octanol–water partition coefficient (Wildman–Crippen LogP) is 2.03. The highest BCUT2D eigenvalue weighted by Crippen LogP contribution is 2.21. The molecule has 0 saturated heterocycles. The third-order valence-corrected chi connectivity index (χ3v) is 3.77. The summed E-state index contributed by atoms with van der Waals surface area (Å²) in [7, 11) is 1.63. The first-order valence-corrected chi connectivity index (χ1v) is 7.05. The number of nitrogens with zero attached hydrogens (tertiary/aromatic N) is 4. The fourth-order valence-corrected chi connectivity index (χ4v) is 2.58. The molecule has 6 nitrogen and oxygen atoms in total. The Bertz CT molecular complexity index is 882. The number of fused-ring (bicyclic) bond motifs is 1. The minimum absolute atomic E-state index is 0.242. The number of hydrogen-bond acceptors (Lipinski definition) is 6. The molecule has 0 aliphatic carbocycles. The van der Waals surface area contributed by atoms with Gasteiger partial charge in [0.1, 0.15) is 16.5 Å². The summed E-state index contributed by atoms with van der Waals surface area (Å²) in [6.07, 6.45) is 3.72. The van der Waals surface area contributed by atoms with Crippen molar-refractivity contribution < 1.29 is 4.74 Å². The summed E-state index contributed by atoms with van der Waals surface area (Å²) < 4.78 is 6.55. The number of aromatic nitrogens is 4. The Hall–Kier alpha value is -2.54. The van der Waals surface area contributed by atoms with Gasteiger partial charge in [-0.15, -0.1) is 10.2 Å². The largest absolute Gasteiger partial charge is 0.496 e. The van der Waals surface area contributed by atoms with Crippen molar-refractivity contribution in [3.63, 3.8) is 0 Å². The van der Waals surface area contributed by atoms with Crippen molar-refractivity contribution in [2.24, 2.45) is 0 Å². The quantitative estimate of drug-likeness (QED) is 0.740. The molecule has 2 aromatic heterocycles. The van der Waals surface area contributed by atoms with Gasteiger partial charge in [-0.3, -0.25) is 4.79 Å². The number of rotatable bonds is 3. The molecule has 2 heterocycles. The van der Waals surface area contributed by atoms with Crippen molar-refractivity contribution in [1.82, 2.24) is 19.8 Å². The number of ether oxygens (including phenoxy) is 1. The molecule has 0 atom stereocenters. The Morgan fingerprint density at radius 3 is 2.86 bits per heavy atom. The summed E-state index contributed by atoms with van der Waals surface area (Å²) in [4.78, 5) is 12.4. The summed E-state index contributed by atoms with van der Waals surface area (Å²) in [5.74, 6) is 0.780. The van der Waals surface area contributed by atoms with Crippen LogP contribution in [0.5, 0.6) is 5.75 Å². The molecule has 7 heteroatoms. The molecule has 106 valence electrons. The first kappa shape index (κ1) is 13.4. The van der Waals surface area contributed by atoms with Crippen LogP contribution >= 0.6 is 11.3 Å². The van der Waals surface area contributed by atoms with Crippen molar-refractivity contribution in [2.45, 2.75) is 6.92 Å². The molecule has 0 aliphatic heterocycles. The fourth-order valence-electron chi connectivity index (χ4n) is 1.84. The van der Waals surface area contributed by atoms with E-state index in [1.54, 1.807) is 14.0 Å². The molecule has 3 aromatic rings. The highest BCUT2D eigenvalue weighted by atomic mass is 32.1. The molecule has 0 fully saturated rings. The fraction of sp³-hybridized carbons (Fsp3) is 0.143. The SMILES string of the molecule is COc1ccccc1/C=C/c1nn2c(=O)c(C)nnc2s1. The minimum Gasteiger partial charge on any atom is -0.496 e. The van der Waals surface area contributed by atoms with Crippen LogP contribution in [0.15, 0.2) is 29.1 Å². The van der Waals surface area contributed by atoms with Gasteiger partial charge in [-0.05, 0) is 25.1 Å². The molecule has 0 unspecified atom stereocenters. The summed E-state index contributed by atoms with van der Waals surface area (Å²) in [6, 6.07) is 7.67. The highest BCUT2D eigenvalue weighted by Gasteiger charge is 2.07. The summed E-state index contributed by atoms with van der Waals surface area (Å²) >= 11 is 1.30. The number of aryl methyl sites for hydroxylation is 1. The van der Waals surface area contributed by atoms with Crippen molar-refractivity contribution in [3.05, 3.63) is 50.9 Å². The van der Waals surface area contributed by atoms with E-state index in [0.29, 0.717) is 15.7 Å². The minimum atomic E-state index is -0.242. The second kappa shape index (κ2) is 5.45. The average molecular weight is 300 g/mol. The van der Waals surface area contributed by atoms with Gasteiger partial charge in [0.2, 0.25) is 4.96 Å². The van der Waals surface area contributed by atoms with E-state index in [-0.39, 0.29) is 5.56 Å². The monoisotopic (exact) mass is 300 g/mol. The number of benzene rings is 1. The van der Waals surface area contributed by atoms with Gasteiger partial charge in [0.15, 0.2) is 0 Å². The zero-order valence-corrected chi connectivity index (χ0v) is 12.3. The van der Waals surface area contributed by atoms with Crippen LogP contribution in [-0.4, -0.2) is 26.9 Å².